The first-order valence-electron chi connectivity index (χ1n) is 12.9. The number of pyridine rings is 1. The summed E-state index contributed by atoms with van der Waals surface area (Å²) in [5.74, 6) is 2.51. The second-order valence-electron chi connectivity index (χ2n) is 9.80. The molecule has 1 aliphatic heterocycles. The summed E-state index contributed by atoms with van der Waals surface area (Å²) >= 11 is 1.31. The number of nitrogens with zero attached hydrogens (tertiary/aromatic N) is 5. The molecule has 5 heterocycles. The molecule has 38 heavy (non-hydrogen) atoms. The molecule has 1 saturated heterocycles. The van der Waals surface area contributed by atoms with E-state index in [4.69, 9.17) is 9.40 Å². The Kier molecular flexibility index (Phi) is 7.76. The van der Waals surface area contributed by atoms with Crippen molar-refractivity contribution in [3.63, 3.8) is 0 Å². The van der Waals surface area contributed by atoms with Crippen molar-refractivity contribution in [2.45, 2.75) is 46.7 Å². The number of aliphatic imine (C=N–C) groups is 1. The van der Waals surface area contributed by atoms with Crippen LogP contribution in [0.2, 0.25) is 0 Å². The minimum Gasteiger partial charge on any atom is -0.466 e. The first kappa shape index (κ1) is 25.9. The zero-order valence-electron chi connectivity index (χ0n) is 22.1. The summed E-state index contributed by atoms with van der Waals surface area (Å²) in [5, 5.41) is 4.25. The van der Waals surface area contributed by atoms with Crippen molar-refractivity contribution in [3.05, 3.63) is 70.9 Å². The van der Waals surface area contributed by atoms with Gasteiger partial charge in [-0.1, -0.05) is 19.1 Å². The molecule has 4 aromatic heterocycles. The molecule has 0 bridgehead atoms. The van der Waals surface area contributed by atoms with Gasteiger partial charge in [0.05, 0.1) is 28.3 Å². The fourth-order valence-corrected chi connectivity index (χ4v) is 5.72. The number of hydrogen-bond acceptors (Lipinski definition) is 8. The summed E-state index contributed by atoms with van der Waals surface area (Å²) in [4.78, 5) is 34.2. The fraction of sp³-hybridized carbons (Fsp3) is 0.345. The number of amides is 1. The van der Waals surface area contributed by atoms with Crippen molar-refractivity contribution in [2.75, 3.05) is 18.4 Å². The minimum absolute atomic E-state index is 0.197. The van der Waals surface area contributed by atoms with Crippen molar-refractivity contribution in [2.24, 2.45) is 10.9 Å². The van der Waals surface area contributed by atoms with Gasteiger partial charge in [-0.2, -0.15) is 0 Å². The van der Waals surface area contributed by atoms with Crippen LogP contribution in [0.4, 0.5) is 5.82 Å². The maximum Gasteiger partial charge on any atom is 0.287 e. The minimum atomic E-state index is -0.301. The Morgan fingerprint density at radius 2 is 2.21 bits per heavy atom. The lowest BCUT2D eigenvalue weighted by atomic mass is 10.1. The first-order valence-corrected chi connectivity index (χ1v) is 13.7. The second kappa shape index (κ2) is 11.4. The van der Waals surface area contributed by atoms with E-state index >= 15 is 0 Å². The molecule has 0 saturated carbocycles. The predicted molar refractivity (Wildman–Crippen MR) is 153 cm³/mol. The molecule has 0 radical (unpaired) electrons. The number of carbonyl (C=O) groups excluding carboxylic acids is 1. The molecule has 1 aliphatic rings. The number of aromatic nitrogens is 3. The van der Waals surface area contributed by atoms with E-state index in [2.05, 4.69) is 44.2 Å². The van der Waals surface area contributed by atoms with Crippen LogP contribution < -0.4 is 5.32 Å². The van der Waals surface area contributed by atoms with Crippen molar-refractivity contribution in [1.82, 2.24) is 19.9 Å². The number of fused-ring (bicyclic) bond motifs is 1. The van der Waals surface area contributed by atoms with E-state index in [1.807, 2.05) is 39.1 Å². The number of allylic oxidation sites excluding steroid dienone is 2. The van der Waals surface area contributed by atoms with E-state index in [1.165, 1.54) is 29.5 Å². The van der Waals surface area contributed by atoms with E-state index in [0.717, 1.165) is 52.8 Å². The quantitative estimate of drug-likeness (QED) is 0.262. The van der Waals surface area contributed by atoms with Crippen LogP contribution in [0.3, 0.4) is 0 Å². The predicted octanol–water partition coefficient (Wildman–Crippen LogP) is 6.46. The molecule has 0 aromatic carbocycles. The Morgan fingerprint density at radius 3 is 2.95 bits per heavy atom. The Balaban J connectivity index is 1.35. The standard InChI is InChI=1S/C29H32N6O2S/c1-5-6-11-30-28(36)25-14-23-27(33-20(4)34-29(23)38-25)32-19(3)26-22(10-13-37-26)24-8-7-21(15-31-24)17-35-12-9-18(2)16-35/h5-8,10-11,13-15,18-19H,9,12,16-17H2,1-4H3,(H,32,33,34)/b6-5+,30-11?. The molecule has 0 aliphatic carbocycles. The van der Waals surface area contributed by atoms with Gasteiger partial charge in [-0.25, -0.2) is 15.0 Å². The highest BCUT2D eigenvalue weighted by molar-refractivity contribution is 7.20. The molecule has 0 spiro atoms. The third-order valence-electron chi connectivity index (χ3n) is 6.64. The van der Waals surface area contributed by atoms with Crippen LogP contribution >= 0.6 is 11.3 Å². The molecule has 4 aromatic rings. The molecule has 1 amide bonds. The SMILES string of the molecule is C/C=C/C=NC(=O)c1cc2c(NC(C)c3occc3-c3ccc(CN4CCC(C)C4)cn3)nc(C)nc2s1. The molecule has 5 rings (SSSR count). The third-order valence-corrected chi connectivity index (χ3v) is 7.66. The first-order chi connectivity index (χ1) is 18.4. The highest BCUT2D eigenvalue weighted by Crippen LogP contribution is 2.34. The smallest absolute Gasteiger partial charge is 0.287 e. The molecular formula is C29H32N6O2S. The number of anilines is 1. The lowest BCUT2D eigenvalue weighted by Gasteiger charge is -2.16. The van der Waals surface area contributed by atoms with E-state index in [9.17, 15) is 4.79 Å². The summed E-state index contributed by atoms with van der Waals surface area (Å²) in [5.41, 5.74) is 3.02. The lowest BCUT2D eigenvalue weighted by molar-refractivity contribution is 0.101. The normalized spacial score (nSPS) is 17.2. The summed E-state index contributed by atoms with van der Waals surface area (Å²) in [6.45, 7) is 11.3. The van der Waals surface area contributed by atoms with Gasteiger partial charge in [-0.05, 0) is 69.5 Å². The monoisotopic (exact) mass is 528 g/mol. The van der Waals surface area contributed by atoms with Gasteiger partial charge in [-0.15, -0.1) is 11.3 Å². The number of likely N-dealkylation sites (tertiary alicyclic amines) is 1. The van der Waals surface area contributed by atoms with Crippen LogP contribution in [0.15, 0.2) is 58.3 Å². The zero-order chi connectivity index (χ0) is 26.6. The number of carbonyl (C=O) groups is 1. The molecule has 196 valence electrons. The highest BCUT2D eigenvalue weighted by atomic mass is 32.1. The molecule has 9 heteroatoms. The number of thiophene rings is 1. The van der Waals surface area contributed by atoms with E-state index in [0.29, 0.717) is 16.5 Å². The van der Waals surface area contributed by atoms with E-state index in [1.54, 1.807) is 18.4 Å². The van der Waals surface area contributed by atoms with Gasteiger partial charge in [0.1, 0.15) is 22.2 Å². The number of rotatable bonds is 8. The van der Waals surface area contributed by atoms with Gasteiger partial charge in [0, 0.05) is 31.1 Å². The number of furan rings is 1. The Morgan fingerprint density at radius 1 is 1.34 bits per heavy atom. The maximum atomic E-state index is 12.5. The van der Waals surface area contributed by atoms with Crippen molar-refractivity contribution in [1.29, 1.82) is 0 Å². The number of hydrogen-bond donors (Lipinski definition) is 1. The summed E-state index contributed by atoms with van der Waals surface area (Å²) in [6.07, 6.45) is 9.96. The Hall–Kier alpha value is -3.69. The van der Waals surface area contributed by atoms with Crippen LogP contribution in [0, 0.1) is 12.8 Å². The summed E-state index contributed by atoms with van der Waals surface area (Å²) in [7, 11) is 0. The van der Waals surface area contributed by atoms with E-state index in [-0.39, 0.29) is 11.9 Å². The van der Waals surface area contributed by atoms with Crippen LogP contribution in [-0.2, 0) is 6.54 Å². The maximum absolute atomic E-state index is 12.5. The van der Waals surface area contributed by atoms with Gasteiger partial charge < -0.3 is 9.73 Å². The highest BCUT2D eigenvalue weighted by Gasteiger charge is 2.21. The van der Waals surface area contributed by atoms with Crippen molar-refractivity contribution in [3.8, 4) is 11.3 Å². The average molecular weight is 529 g/mol. The molecular weight excluding hydrogens is 496 g/mol. The van der Waals surface area contributed by atoms with Gasteiger partial charge in [0.15, 0.2) is 0 Å². The van der Waals surface area contributed by atoms with E-state index < -0.39 is 0 Å². The molecule has 8 nitrogen and oxygen atoms in total. The topological polar surface area (TPSA) is 96.5 Å². The largest absolute Gasteiger partial charge is 0.466 e. The Bertz CT molecular complexity index is 1490. The molecule has 1 N–H and O–H groups in total. The Labute approximate surface area is 226 Å². The van der Waals surface area contributed by atoms with Crippen LogP contribution in [0.1, 0.15) is 60.1 Å². The fourth-order valence-electron chi connectivity index (χ4n) is 4.75. The molecule has 2 unspecified atom stereocenters. The summed E-state index contributed by atoms with van der Waals surface area (Å²) < 4.78 is 5.91. The number of aryl methyl sites for hydroxylation is 1. The lowest BCUT2D eigenvalue weighted by Crippen LogP contribution is -2.19. The third kappa shape index (κ3) is 5.74. The van der Waals surface area contributed by atoms with Crippen molar-refractivity contribution >= 4 is 39.5 Å². The van der Waals surface area contributed by atoms with Crippen molar-refractivity contribution < 1.29 is 9.21 Å². The average Bonchev–Trinajstić information content (AvgIpc) is 3.64. The zero-order valence-corrected chi connectivity index (χ0v) is 23.0. The molecule has 1 fully saturated rings. The second-order valence-corrected chi connectivity index (χ2v) is 10.8. The van der Waals surface area contributed by atoms with Gasteiger partial charge in [0.2, 0.25) is 0 Å². The van der Waals surface area contributed by atoms with Crippen LogP contribution in [0.5, 0.6) is 0 Å². The molecule has 2 atom stereocenters. The summed E-state index contributed by atoms with van der Waals surface area (Å²) in [6, 6.07) is 7.77. The number of nitrogens with one attached hydrogen (secondary N) is 1. The van der Waals surface area contributed by atoms with Crippen LogP contribution in [-0.4, -0.2) is 45.1 Å². The van der Waals surface area contributed by atoms with Gasteiger partial charge >= 0.3 is 0 Å². The van der Waals surface area contributed by atoms with Gasteiger partial charge in [0.25, 0.3) is 5.91 Å². The van der Waals surface area contributed by atoms with Gasteiger partial charge in [-0.3, -0.25) is 14.7 Å². The van der Waals surface area contributed by atoms with Crippen LogP contribution in [0.25, 0.3) is 21.5 Å².